The van der Waals surface area contributed by atoms with Crippen LogP contribution in [0, 0.1) is 12.1 Å². The first-order chi connectivity index (χ1) is 31.5. The summed E-state index contributed by atoms with van der Waals surface area (Å²) < 4.78 is 10.6. The third kappa shape index (κ3) is 8.41. The molecule has 9 aromatic carbocycles. The molecule has 0 spiro atoms. The van der Waals surface area contributed by atoms with Crippen LogP contribution in [0.5, 0.6) is 0 Å². The summed E-state index contributed by atoms with van der Waals surface area (Å²) in [4.78, 5) is 9.72. The molecule has 3 nitrogen and oxygen atoms in total. The van der Waals surface area contributed by atoms with Gasteiger partial charge in [0.05, 0.1) is 16.9 Å². The third-order valence-electron chi connectivity index (χ3n) is 12.5. The molecule has 0 aliphatic rings. The summed E-state index contributed by atoms with van der Waals surface area (Å²) in [6.45, 7) is 13.0. The Kier molecular flexibility index (Phi) is 12.0. The van der Waals surface area contributed by atoms with E-state index in [2.05, 4.69) is 207 Å². The van der Waals surface area contributed by atoms with E-state index < -0.39 is 5.89 Å². The van der Waals surface area contributed by atoms with Gasteiger partial charge in [0.1, 0.15) is 0 Å². The van der Waals surface area contributed by atoms with E-state index in [1.54, 1.807) is 6.20 Å². The van der Waals surface area contributed by atoms with Crippen molar-refractivity contribution in [2.45, 2.75) is 59.3 Å². The molecule has 2 aromatic heterocycles. The quantitative estimate of drug-likeness (QED) is 0.118. The summed E-state index contributed by atoms with van der Waals surface area (Å²) in [5, 5.41) is 9.77. The molecule has 65 heavy (non-hydrogen) atoms. The molecular weight excluding hydrogens is 967 g/mol. The second kappa shape index (κ2) is 18.4. The monoisotopic (exact) mass is 1020 g/mol. The van der Waals surface area contributed by atoms with Crippen LogP contribution in [0.2, 0.25) is 0 Å². The maximum absolute atomic E-state index is 8.22. The fourth-order valence-electron chi connectivity index (χ4n) is 9.11. The molecule has 0 atom stereocenters. The minimum Gasteiger partial charge on any atom is -0.333 e. The molecule has 1 radical (unpaired) electrons. The number of aromatic nitrogens is 3. The second-order valence-electron chi connectivity index (χ2n) is 17.6. The smallest absolute Gasteiger partial charge is 0.0774 e. The van der Waals surface area contributed by atoms with E-state index in [4.69, 9.17) is 6.35 Å². The number of para-hydroxylation sites is 2. The van der Waals surface area contributed by atoms with Crippen molar-refractivity contribution in [3.63, 3.8) is 0 Å². The second-order valence-corrected chi connectivity index (χ2v) is 17.6. The zero-order valence-corrected chi connectivity index (χ0v) is 40.0. The Hall–Kier alpha value is -6.71. The number of rotatable bonds is 7. The van der Waals surface area contributed by atoms with Gasteiger partial charge >= 0.3 is 0 Å². The van der Waals surface area contributed by atoms with Gasteiger partial charge in [0, 0.05) is 33.4 Å². The summed E-state index contributed by atoms with van der Waals surface area (Å²) in [5.74, 6) is 0.946. The zero-order valence-electron chi connectivity index (χ0n) is 38.7. The molecular formula is C61H51IrN3-2. The number of pyridine rings is 1. The molecule has 0 aliphatic heterocycles. The van der Waals surface area contributed by atoms with Crippen molar-refractivity contribution in [1.82, 2.24) is 14.5 Å². The van der Waals surface area contributed by atoms with Crippen LogP contribution in [-0.4, -0.2) is 14.5 Å². The molecule has 2 heterocycles. The van der Waals surface area contributed by atoms with Crippen LogP contribution in [0.15, 0.2) is 182 Å². The van der Waals surface area contributed by atoms with E-state index >= 15 is 0 Å². The van der Waals surface area contributed by atoms with Crippen molar-refractivity contribution in [3.8, 4) is 39.5 Å². The molecule has 0 aliphatic carbocycles. The van der Waals surface area contributed by atoms with Gasteiger partial charge in [-0.05, 0) is 86.8 Å². The fourth-order valence-corrected chi connectivity index (χ4v) is 9.11. The van der Waals surface area contributed by atoms with Gasteiger partial charge in [0.25, 0.3) is 0 Å². The maximum Gasteiger partial charge on any atom is 0.0774 e. The standard InChI is InChI=1S/C39H33N2.C22H18N.Ir/c1-25(2)34-23-31(27-12-6-5-7-13-27)24-35(26(3)4)38(34)41-37-17-11-10-16-36(37)40-39(41)30-20-21-33-29(22-30)19-18-28-14-8-9-15-32(28)33;1-15(2)17-11-12-23-22(14-17)19-9-10-21-18(13-19)8-7-16-5-3-4-6-20(16)21;/h5-19,21-26H,1-4H3;3-8,10-15H,1-2H3;/q2*-1;/i;15D;. The Balaban J connectivity index is 0.000000187. The SMILES string of the molecule is CC(C)c1cc(-c2ccccc2)cc(C(C)C)c1-n1c(-c2[c-]cc3c(ccc4ccccc43)c2)nc2ccccc21.[2H]C(C)(C)c1ccnc(-c2[c-]cc3c(ccc4ccccc43)c2)c1.[Ir]. The Bertz CT molecular complexity index is 3520. The van der Waals surface area contributed by atoms with Crippen LogP contribution in [0.3, 0.4) is 0 Å². The molecule has 0 amide bonds. The first kappa shape index (κ1) is 42.3. The van der Waals surface area contributed by atoms with Crippen molar-refractivity contribution in [1.29, 1.82) is 0 Å². The van der Waals surface area contributed by atoms with E-state index in [9.17, 15) is 0 Å². The minimum absolute atomic E-state index is 0. The number of imidazole rings is 1. The summed E-state index contributed by atoms with van der Waals surface area (Å²) >= 11 is 0. The minimum atomic E-state index is -0.634. The van der Waals surface area contributed by atoms with Crippen LogP contribution in [0.25, 0.3) is 93.6 Å². The fraction of sp³-hybridized carbons (Fsp3) is 0.148. The number of nitrogens with zero attached hydrogens (tertiary/aromatic N) is 3. The molecule has 0 N–H and O–H groups in total. The van der Waals surface area contributed by atoms with E-state index in [0.29, 0.717) is 11.8 Å². The number of hydrogen-bond acceptors (Lipinski definition) is 2. The van der Waals surface area contributed by atoms with E-state index in [-0.39, 0.29) is 20.1 Å². The molecule has 0 unspecified atom stereocenters. The summed E-state index contributed by atoms with van der Waals surface area (Å²) in [6.07, 6.45) is 1.78. The number of fused-ring (bicyclic) bond motifs is 7. The van der Waals surface area contributed by atoms with Gasteiger partial charge in [0.15, 0.2) is 0 Å². The van der Waals surface area contributed by atoms with E-state index in [1.165, 1.54) is 71.0 Å². The molecule has 0 fully saturated rings. The molecule has 11 aromatic rings. The maximum atomic E-state index is 8.22. The molecule has 321 valence electrons. The molecule has 4 heteroatoms. The number of hydrogen-bond donors (Lipinski definition) is 0. The normalized spacial score (nSPS) is 11.9. The van der Waals surface area contributed by atoms with Gasteiger partial charge in [-0.3, -0.25) is 4.98 Å². The van der Waals surface area contributed by atoms with Gasteiger partial charge in [-0.2, -0.15) is 0 Å². The van der Waals surface area contributed by atoms with Crippen LogP contribution in [0.1, 0.15) is 77.3 Å². The number of benzene rings is 9. The molecule has 11 rings (SSSR count). The third-order valence-corrected chi connectivity index (χ3v) is 12.5. The molecule has 0 saturated heterocycles. The van der Waals surface area contributed by atoms with Crippen molar-refractivity contribution >= 4 is 54.1 Å². The van der Waals surface area contributed by atoms with Crippen LogP contribution in [-0.2, 0) is 20.1 Å². The summed E-state index contributed by atoms with van der Waals surface area (Å²) in [7, 11) is 0. The zero-order chi connectivity index (χ0) is 44.8. The van der Waals surface area contributed by atoms with Crippen LogP contribution in [0.4, 0.5) is 0 Å². The van der Waals surface area contributed by atoms with Gasteiger partial charge in [-0.1, -0.05) is 190 Å². The average Bonchev–Trinajstić information content (AvgIpc) is 3.72. The Morgan fingerprint density at radius 3 is 1.66 bits per heavy atom. The summed E-state index contributed by atoms with van der Waals surface area (Å²) in [6, 6.07) is 69.2. The van der Waals surface area contributed by atoms with Crippen molar-refractivity contribution < 1.29 is 21.5 Å². The Morgan fingerprint density at radius 1 is 0.508 bits per heavy atom. The average molecular weight is 1020 g/mol. The predicted molar refractivity (Wildman–Crippen MR) is 272 cm³/mol. The van der Waals surface area contributed by atoms with Crippen molar-refractivity contribution in [2.24, 2.45) is 0 Å². The Labute approximate surface area is 397 Å². The topological polar surface area (TPSA) is 30.7 Å². The first-order valence-electron chi connectivity index (χ1n) is 22.9. The van der Waals surface area contributed by atoms with Crippen molar-refractivity contribution in [2.75, 3.05) is 0 Å². The van der Waals surface area contributed by atoms with Gasteiger partial charge in [-0.25, -0.2) is 0 Å². The molecule has 0 saturated carbocycles. The van der Waals surface area contributed by atoms with Gasteiger partial charge in [0.2, 0.25) is 0 Å². The van der Waals surface area contributed by atoms with Gasteiger partial charge < -0.3 is 9.55 Å². The molecule has 0 bridgehead atoms. The Morgan fingerprint density at radius 2 is 1.05 bits per heavy atom. The van der Waals surface area contributed by atoms with E-state index in [0.717, 1.165) is 39.2 Å². The predicted octanol–water partition coefficient (Wildman–Crippen LogP) is 16.7. The largest absolute Gasteiger partial charge is 0.333 e. The first-order valence-corrected chi connectivity index (χ1v) is 22.4. The van der Waals surface area contributed by atoms with Crippen molar-refractivity contribution in [3.05, 3.63) is 211 Å². The summed E-state index contributed by atoms with van der Waals surface area (Å²) in [5.41, 5.74) is 12.3. The van der Waals surface area contributed by atoms with E-state index in [1.807, 2.05) is 32.0 Å². The van der Waals surface area contributed by atoms with Crippen LogP contribution < -0.4 is 0 Å². The van der Waals surface area contributed by atoms with Crippen LogP contribution >= 0.6 is 0 Å². The van der Waals surface area contributed by atoms with Gasteiger partial charge in [-0.15, -0.1) is 58.3 Å².